The maximum absolute atomic E-state index is 11.6. The Hall–Kier alpha value is -2.30. The number of carboxylic acid groups (broad SMARTS) is 1. The highest BCUT2D eigenvalue weighted by Crippen LogP contribution is 2.07. The average molecular weight is 262 g/mol. The first-order valence-corrected chi connectivity index (χ1v) is 6.03. The first kappa shape index (κ1) is 14.8. The van der Waals surface area contributed by atoms with Gasteiger partial charge in [0.15, 0.2) is 0 Å². The van der Waals surface area contributed by atoms with Crippen LogP contribution in [0.5, 0.6) is 0 Å². The molecule has 1 aromatic carbocycles. The van der Waals surface area contributed by atoms with Gasteiger partial charge in [0.2, 0.25) is 5.91 Å². The molecule has 0 spiro atoms. The molecule has 0 heterocycles. The summed E-state index contributed by atoms with van der Waals surface area (Å²) in [4.78, 5) is 22.0. The smallest absolute Gasteiger partial charge is 0.303 e. The lowest BCUT2D eigenvalue weighted by Gasteiger charge is -2.10. The van der Waals surface area contributed by atoms with E-state index < -0.39 is 5.97 Å². The molecule has 1 unspecified atom stereocenters. The number of hydrogen-bond donors (Lipinski definition) is 3. The van der Waals surface area contributed by atoms with Crippen molar-refractivity contribution in [2.45, 2.75) is 25.8 Å². The number of benzene rings is 1. The van der Waals surface area contributed by atoms with Crippen molar-refractivity contribution >= 4 is 23.6 Å². The molecular formula is C14H18N2O3. The number of carbonyl (C=O) groups is 2. The molecule has 102 valence electrons. The number of nitrogens with one attached hydrogen (secondary N) is 1. The second-order valence-corrected chi connectivity index (χ2v) is 4.34. The normalized spacial score (nSPS) is 12.3. The third-order valence-corrected chi connectivity index (χ3v) is 2.54. The van der Waals surface area contributed by atoms with Crippen LogP contribution in [0.2, 0.25) is 0 Å². The van der Waals surface area contributed by atoms with Crippen LogP contribution < -0.4 is 11.1 Å². The molecule has 5 heteroatoms. The third-order valence-electron chi connectivity index (χ3n) is 2.54. The fourth-order valence-electron chi connectivity index (χ4n) is 1.48. The van der Waals surface area contributed by atoms with Gasteiger partial charge in [-0.3, -0.25) is 9.59 Å². The van der Waals surface area contributed by atoms with Crippen molar-refractivity contribution in [3.8, 4) is 0 Å². The number of rotatable bonds is 6. The molecule has 5 nitrogen and oxygen atoms in total. The Bertz CT molecular complexity index is 466. The monoisotopic (exact) mass is 262 g/mol. The Morgan fingerprint density at radius 3 is 2.58 bits per heavy atom. The van der Waals surface area contributed by atoms with Crippen LogP contribution in [0.4, 0.5) is 5.69 Å². The number of amides is 1. The summed E-state index contributed by atoms with van der Waals surface area (Å²) in [6, 6.07) is 6.97. The predicted octanol–water partition coefficient (Wildman–Crippen LogP) is 1.65. The van der Waals surface area contributed by atoms with Gasteiger partial charge in [-0.05, 0) is 37.1 Å². The van der Waals surface area contributed by atoms with Crippen molar-refractivity contribution in [1.82, 2.24) is 5.32 Å². The van der Waals surface area contributed by atoms with Gasteiger partial charge in [-0.15, -0.1) is 0 Å². The third kappa shape index (κ3) is 6.26. The highest BCUT2D eigenvalue weighted by atomic mass is 16.4. The summed E-state index contributed by atoms with van der Waals surface area (Å²) in [5, 5.41) is 11.2. The van der Waals surface area contributed by atoms with E-state index in [-0.39, 0.29) is 18.4 Å². The van der Waals surface area contributed by atoms with E-state index >= 15 is 0 Å². The summed E-state index contributed by atoms with van der Waals surface area (Å²) in [6.07, 6.45) is 3.56. The van der Waals surface area contributed by atoms with Gasteiger partial charge < -0.3 is 16.2 Å². The first-order valence-electron chi connectivity index (χ1n) is 6.03. The SMILES string of the molecule is CC(CCC(=O)O)NC(=O)/C=C/c1ccc(N)cc1. The molecule has 0 aliphatic heterocycles. The van der Waals surface area contributed by atoms with Crippen LogP contribution in [-0.4, -0.2) is 23.0 Å². The van der Waals surface area contributed by atoms with E-state index in [0.717, 1.165) is 5.56 Å². The fraction of sp³-hybridized carbons (Fsp3) is 0.286. The lowest BCUT2D eigenvalue weighted by Crippen LogP contribution is -2.31. The molecule has 0 aromatic heterocycles. The molecule has 1 atom stereocenters. The molecule has 0 saturated carbocycles. The van der Waals surface area contributed by atoms with Crippen LogP contribution in [0.3, 0.4) is 0 Å². The van der Waals surface area contributed by atoms with Gasteiger partial charge in [0.25, 0.3) is 0 Å². The fourth-order valence-corrected chi connectivity index (χ4v) is 1.48. The second kappa shape index (κ2) is 7.20. The van der Waals surface area contributed by atoms with Gasteiger partial charge in [-0.25, -0.2) is 0 Å². The van der Waals surface area contributed by atoms with Crippen molar-refractivity contribution in [3.63, 3.8) is 0 Å². The van der Waals surface area contributed by atoms with Crippen LogP contribution in [0.15, 0.2) is 30.3 Å². The van der Waals surface area contributed by atoms with Crippen molar-refractivity contribution in [2.24, 2.45) is 0 Å². The van der Waals surface area contributed by atoms with Crippen molar-refractivity contribution in [1.29, 1.82) is 0 Å². The maximum atomic E-state index is 11.6. The molecule has 19 heavy (non-hydrogen) atoms. The highest BCUT2D eigenvalue weighted by Gasteiger charge is 2.06. The first-order chi connectivity index (χ1) is 8.97. The Kier molecular flexibility index (Phi) is 5.60. The van der Waals surface area contributed by atoms with Crippen molar-refractivity contribution < 1.29 is 14.7 Å². The predicted molar refractivity (Wildman–Crippen MR) is 74.4 cm³/mol. The summed E-state index contributed by atoms with van der Waals surface area (Å²) in [6.45, 7) is 1.78. The zero-order valence-corrected chi connectivity index (χ0v) is 10.8. The quantitative estimate of drug-likeness (QED) is 0.537. The molecule has 0 bridgehead atoms. The number of aliphatic carboxylic acids is 1. The van der Waals surface area contributed by atoms with Crippen LogP contribution in [0, 0.1) is 0 Å². The average Bonchev–Trinajstić information content (AvgIpc) is 2.36. The molecule has 0 aliphatic carbocycles. The Morgan fingerprint density at radius 2 is 2.00 bits per heavy atom. The van der Waals surface area contributed by atoms with Gasteiger partial charge in [0, 0.05) is 24.2 Å². The van der Waals surface area contributed by atoms with E-state index in [9.17, 15) is 9.59 Å². The lowest BCUT2D eigenvalue weighted by atomic mass is 10.1. The minimum Gasteiger partial charge on any atom is -0.481 e. The molecule has 1 aromatic rings. The lowest BCUT2D eigenvalue weighted by molar-refractivity contribution is -0.137. The summed E-state index contributed by atoms with van der Waals surface area (Å²) in [5.74, 6) is -1.10. The molecule has 0 radical (unpaired) electrons. The summed E-state index contributed by atoms with van der Waals surface area (Å²) < 4.78 is 0. The number of nitrogens with two attached hydrogens (primary N) is 1. The summed E-state index contributed by atoms with van der Waals surface area (Å²) in [7, 11) is 0. The molecular weight excluding hydrogens is 244 g/mol. The Balaban J connectivity index is 2.42. The minimum absolute atomic E-state index is 0.0448. The molecule has 1 amide bonds. The second-order valence-electron chi connectivity index (χ2n) is 4.34. The zero-order valence-electron chi connectivity index (χ0n) is 10.8. The van der Waals surface area contributed by atoms with Crippen LogP contribution in [0.25, 0.3) is 6.08 Å². The van der Waals surface area contributed by atoms with Crippen molar-refractivity contribution in [3.05, 3.63) is 35.9 Å². The number of nitrogen functional groups attached to an aromatic ring is 1. The standard InChI is InChI=1S/C14H18N2O3/c1-10(2-9-14(18)19)16-13(17)8-5-11-3-6-12(15)7-4-11/h3-8,10H,2,9,15H2,1H3,(H,16,17)(H,18,19)/b8-5+. The zero-order chi connectivity index (χ0) is 14.3. The van der Waals surface area contributed by atoms with E-state index in [1.165, 1.54) is 6.08 Å². The van der Waals surface area contributed by atoms with E-state index in [0.29, 0.717) is 12.1 Å². The van der Waals surface area contributed by atoms with Crippen molar-refractivity contribution in [2.75, 3.05) is 5.73 Å². The number of anilines is 1. The minimum atomic E-state index is -0.862. The topological polar surface area (TPSA) is 92.4 Å². The molecule has 1 rings (SSSR count). The van der Waals surface area contributed by atoms with Crippen LogP contribution in [0.1, 0.15) is 25.3 Å². The van der Waals surface area contributed by atoms with Crippen LogP contribution >= 0.6 is 0 Å². The van der Waals surface area contributed by atoms with E-state index in [1.54, 1.807) is 25.1 Å². The van der Waals surface area contributed by atoms with E-state index in [4.69, 9.17) is 10.8 Å². The van der Waals surface area contributed by atoms with Gasteiger partial charge in [0.05, 0.1) is 0 Å². The Morgan fingerprint density at radius 1 is 1.37 bits per heavy atom. The number of hydrogen-bond acceptors (Lipinski definition) is 3. The van der Waals surface area contributed by atoms with E-state index in [1.807, 2.05) is 12.1 Å². The highest BCUT2D eigenvalue weighted by molar-refractivity contribution is 5.91. The Labute approximate surface area is 112 Å². The van der Waals surface area contributed by atoms with Gasteiger partial charge in [0.1, 0.15) is 0 Å². The molecule has 0 fully saturated rings. The van der Waals surface area contributed by atoms with E-state index in [2.05, 4.69) is 5.32 Å². The van der Waals surface area contributed by atoms with Gasteiger partial charge in [-0.1, -0.05) is 12.1 Å². The molecule has 4 N–H and O–H groups in total. The summed E-state index contributed by atoms with van der Waals surface area (Å²) in [5.41, 5.74) is 7.10. The largest absolute Gasteiger partial charge is 0.481 e. The molecule has 0 saturated heterocycles. The maximum Gasteiger partial charge on any atom is 0.303 e. The number of carbonyl (C=O) groups excluding carboxylic acids is 1. The van der Waals surface area contributed by atoms with Crippen LogP contribution in [-0.2, 0) is 9.59 Å². The summed E-state index contributed by atoms with van der Waals surface area (Å²) >= 11 is 0. The molecule has 0 aliphatic rings. The van der Waals surface area contributed by atoms with Gasteiger partial charge in [-0.2, -0.15) is 0 Å². The van der Waals surface area contributed by atoms with Gasteiger partial charge >= 0.3 is 5.97 Å². The number of carboxylic acids is 1.